The number of carbonyl (C=O) groups is 1. The average molecular weight is 362 g/mol. The fraction of sp³-hybridized carbons (Fsp3) is 0.300. The molecule has 2 unspecified atom stereocenters. The lowest BCUT2D eigenvalue weighted by atomic mass is 9.90. The number of likely N-dealkylation sites (tertiary alicyclic amines) is 1. The van der Waals surface area contributed by atoms with Crippen LogP contribution in [0.2, 0.25) is 0 Å². The molecule has 2 aromatic heterocycles. The predicted molar refractivity (Wildman–Crippen MR) is 103 cm³/mol. The molecule has 2 atom stereocenters. The number of H-pyrrole nitrogens is 1. The van der Waals surface area contributed by atoms with Crippen LogP contribution in [0.1, 0.15) is 31.5 Å². The van der Waals surface area contributed by atoms with Crippen LogP contribution < -0.4 is 5.73 Å². The Morgan fingerprint density at radius 3 is 2.56 bits per heavy atom. The monoisotopic (exact) mass is 362 g/mol. The van der Waals surface area contributed by atoms with Crippen molar-refractivity contribution in [2.75, 3.05) is 6.54 Å². The van der Waals surface area contributed by atoms with Gasteiger partial charge < -0.3 is 15.6 Å². The number of piperidine rings is 1. The minimum atomic E-state index is -0.371. The van der Waals surface area contributed by atoms with Gasteiger partial charge in [-0.05, 0) is 19.8 Å². The van der Waals surface area contributed by atoms with Crippen LogP contribution in [0.25, 0.3) is 22.6 Å². The molecule has 1 aliphatic rings. The second kappa shape index (κ2) is 7.19. The quantitative estimate of drug-likeness (QED) is 0.747. The van der Waals surface area contributed by atoms with Gasteiger partial charge in [0.1, 0.15) is 5.82 Å². The van der Waals surface area contributed by atoms with Crippen molar-refractivity contribution in [1.82, 2.24) is 24.8 Å². The summed E-state index contributed by atoms with van der Waals surface area (Å²) in [6.07, 6.45) is 7.29. The molecule has 1 saturated heterocycles. The summed E-state index contributed by atoms with van der Waals surface area (Å²) in [4.78, 5) is 30.2. The molecular formula is C20H22N6O. The minimum absolute atomic E-state index is 0.0203. The fourth-order valence-electron chi connectivity index (χ4n) is 3.69. The first-order chi connectivity index (χ1) is 13.1. The third kappa shape index (κ3) is 3.40. The van der Waals surface area contributed by atoms with E-state index in [4.69, 9.17) is 5.73 Å². The zero-order valence-corrected chi connectivity index (χ0v) is 15.2. The maximum Gasteiger partial charge on any atom is 0.315 e. The number of primary amides is 1. The van der Waals surface area contributed by atoms with E-state index in [1.807, 2.05) is 37.3 Å². The van der Waals surface area contributed by atoms with Gasteiger partial charge in [0.25, 0.3) is 0 Å². The molecule has 7 nitrogen and oxygen atoms in total. The molecular weight excluding hydrogens is 340 g/mol. The Kier molecular flexibility index (Phi) is 4.58. The van der Waals surface area contributed by atoms with Gasteiger partial charge in [-0.2, -0.15) is 0 Å². The van der Waals surface area contributed by atoms with Crippen molar-refractivity contribution in [3.63, 3.8) is 0 Å². The molecule has 0 radical (unpaired) electrons. The van der Waals surface area contributed by atoms with Crippen molar-refractivity contribution in [1.29, 1.82) is 0 Å². The maximum absolute atomic E-state index is 11.6. The summed E-state index contributed by atoms with van der Waals surface area (Å²) >= 11 is 0. The molecule has 2 amide bonds. The van der Waals surface area contributed by atoms with E-state index in [0.717, 1.165) is 35.5 Å². The van der Waals surface area contributed by atoms with E-state index in [9.17, 15) is 4.79 Å². The van der Waals surface area contributed by atoms with Crippen molar-refractivity contribution in [2.45, 2.75) is 31.7 Å². The lowest BCUT2D eigenvalue weighted by Crippen LogP contribution is -2.48. The molecule has 4 rings (SSSR count). The van der Waals surface area contributed by atoms with Crippen molar-refractivity contribution in [2.24, 2.45) is 5.73 Å². The van der Waals surface area contributed by atoms with E-state index in [0.29, 0.717) is 12.4 Å². The molecule has 0 bridgehead atoms. The lowest BCUT2D eigenvalue weighted by Gasteiger charge is -2.37. The Morgan fingerprint density at radius 1 is 1.11 bits per heavy atom. The first-order valence-electron chi connectivity index (χ1n) is 9.12. The van der Waals surface area contributed by atoms with Crippen LogP contribution in [-0.2, 0) is 0 Å². The first kappa shape index (κ1) is 17.2. The molecule has 3 heterocycles. The lowest BCUT2D eigenvalue weighted by molar-refractivity contribution is 0.151. The number of nitrogens with two attached hydrogens (primary N) is 1. The number of hydrogen-bond donors (Lipinski definition) is 2. The van der Waals surface area contributed by atoms with Crippen LogP contribution in [0.4, 0.5) is 4.79 Å². The zero-order valence-electron chi connectivity index (χ0n) is 15.2. The van der Waals surface area contributed by atoms with Gasteiger partial charge in [0.05, 0.1) is 11.9 Å². The van der Waals surface area contributed by atoms with E-state index in [1.165, 1.54) is 0 Å². The number of rotatable bonds is 3. The second-order valence-corrected chi connectivity index (χ2v) is 6.86. The number of nitrogens with one attached hydrogen (secondary N) is 1. The van der Waals surface area contributed by atoms with Crippen molar-refractivity contribution < 1.29 is 4.79 Å². The number of aromatic nitrogens is 4. The number of urea groups is 1. The summed E-state index contributed by atoms with van der Waals surface area (Å²) in [6.45, 7) is 2.73. The van der Waals surface area contributed by atoms with Gasteiger partial charge in [-0.1, -0.05) is 30.3 Å². The normalized spacial score (nSPS) is 19.8. The van der Waals surface area contributed by atoms with Crippen molar-refractivity contribution >= 4 is 6.03 Å². The van der Waals surface area contributed by atoms with Crippen LogP contribution in [0.3, 0.4) is 0 Å². The number of hydrogen-bond acceptors (Lipinski definition) is 4. The molecule has 138 valence electrons. The third-order valence-electron chi connectivity index (χ3n) is 5.21. The highest BCUT2D eigenvalue weighted by Gasteiger charge is 2.32. The van der Waals surface area contributed by atoms with Gasteiger partial charge in [-0.3, -0.25) is 0 Å². The van der Waals surface area contributed by atoms with Crippen LogP contribution in [0.15, 0.2) is 48.9 Å². The minimum Gasteiger partial charge on any atom is -0.351 e. The van der Waals surface area contributed by atoms with Gasteiger partial charge in [0.2, 0.25) is 0 Å². The van der Waals surface area contributed by atoms with Crippen LogP contribution in [0, 0.1) is 0 Å². The molecule has 0 saturated carbocycles. The standard InChI is InChI=1S/C20H22N6O/c1-13-16(8-5-9-26(13)20(21)27)19-24-12-17(25-19)15-10-22-18(23-11-15)14-6-3-2-4-7-14/h2-4,6-7,10-13,16H,5,8-9H2,1H3,(H2,21,27)(H,24,25). The first-order valence-corrected chi connectivity index (χ1v) is 9.12. The Morgan fingerprint density at radius 2 is 1.85 bits per heavy atom. The van der Waals surface area contributed by atoms with Gasteiger partial charge in [-0.15, -0.1) is 0 Å². The van der Waals surface area contributed by atoms with E-state index >= 15 is 0 Å². The summed E-state index contributed by atoms with van der Waals surface area (Å²) in [5.41, 5.74) is 8.23. The highest BCUT2D eigenvalue weighted by atomic mass is 16.2. The summed E-state index contributed by atoms with van der Waals surface area (Å²) in [7, 11) is 0. The van der Waals surface area contributed by atoms with E-state index in [1.54, 1.807) is 23.5 Å². The molecule has 27 heavy (non-hydrogen) atoms. The summed E-state index contributed by atoms with van der Waals surface area (Å²) < 4.78 is 0. The van der Waals surface area contributed by atoms with E-state index in [2.05, 4.69) is 19.9 Å². The van der Waals surface area contributed by atoms with Crippen LogP contribution >= 0.6 is 0 Å². The van der Waals surface area contributed by atoms with Crippen molar-refractivity contribution in [3.8, 4) is 22.6 Å². The molecule has 3 N–H and O–H groups in total. The molecule has 0 aliphatic carbocycles. The smallest absolute Gasteiger partial charge is 0.315 e. The number of nitrogens with zero attached hydrogens (tertiary/aromatic N) is 4. The predicted octanol–water partition coefficient (Wildman–Crippen LogP) is 3.18. The SMILES string of the molecule is CC1C(c2ncc(-c3cnc(-c4ccccc4)nc3)[nH]2)CCCN1C(N)=O. The second-order valence-electron chi connectivity index (χ2n) is 6.86. The molecule has 0 spiro atoms. The van der Waals surface area contributed by atoms with Gasteiger partial charge >= 0.3 is 6.03 Å². The molecule has 3 aromatic rings. The molecule has 1 fully saturated rings. The number of amides is 2. The van der Waals surface area contributed by atoms with E-state index in [-0.39, 0.29) is 18.0 Å². The highest BCUT2D eigenvalue weighted by molar-refractivity contribution is 5.72. The molecule has 7 heteroatoms. The molecule has 1 aromatic carbocycles. The van der Waals surface area contributed by atoms with Gasteiger partial charge in [-0.25, -0.2) is 19.7 Å². The zero-order chi connectivity index (χ0) is 18.8. The summed E-state index contributed by atoms with van der Waals surface area (Å²) in [6, 6.07) is 9.52. The topological polar surface area (TPSA) is 101 Å². The summed E-state index contributed by atoms with van der Waals surface area (Å²) in [5.74, 6) is 1.71. The number of benzene rings is 1. The van der Waals surface area contributed by atoms with Gasteiger partial charge in [0, 0.05) is 42.0 Å². The Labute approximate surface area is 157 Å². The number of imidazole rings is 1. The van der Waals surface area contributed by atoms with Gasteiger partial charge in [0.15, 0.2) is 5.82 Å². The van der Waals surface area contributed by atoms with Crippen LogP contribution in [-0.4, -0.2) is 43.5 Å². The Hall–Kier alpha value is -3.22. The van der Waals surface area contributed by atoms with Crippen molar-refractivity contribution in [3.05, 3.63) is 54.7 Å². The number of aromatic amines is 1. The highest BCUT2D eigenvalue weighted by Crippen LogP contribution is 2.32. The van der Waals surface area contributed by atoms with E-state index < -0.39 is 0 Å². The van der Waals surface area contributed by atoms with Crippen LogP contribution in [0.5, 0.6) is 0 Å². The maximum atomic E-state index is 11.6. The largest absolute Gasteiger partial charge is 0.351 e. The third-order valence-corrected chi connectivity index (χ3v) is 5.21. The molecule has 1 aliphatic heterocycles. The Bertz CT molecular complexity index is 921. The number of carbonyl (C=O) groups excluding carboxylic acids is 1. The Balaban J connectivity index is 1.55. The fourth-order valence-corrected chi connectivity index (χ4v) is 3.69. The summed E-state index contributed by atoms with van der Waals surface area (Å²) in [5, 5.41) is 0. The average Bonchev–Trinajstić information content (AvgIpc) is 3.19.